The number of nitrogens with one attached hydrogen (secondary N) is 1. The molecule has 2 N–H and O–H groups in total. The van der Waals surface area contributed by atoms with Gasteiger partial charge >= 0.3 is 11.6 Å². The van der Waals surface area contributed by atoms with Crippen molar-refractivity contribution in [1.82, 2.24) is 9.99 Å². The Labute approximate surface area is 250 Å². The second-order valence-corrected chi connectivity index (χ2v) is 13.1. The fourth-order valence-electron chi connectivity index (χ4n) is 4.62. The number of carboxylic acid groups (broad SMARTS) is 1. The zero-order chi connectivity index (χ0) is 31.3. The molecule has 0 aliphatic carbocycles. The molecular formula is C31H46N3O7P. The Hall–Kier alpha value is -2.83. The zero-order valence-electron chi connectivity index (χ0n) is 25.8. The fourth-order valence-corrected chi connectivity index (χ4v) is 6.24. The molecule has 0 saturated carbocycles. The molecule has 0 saturated heterocycles. The number of unbranched alkanes of at least 4 members (excludes halogenated alkanes) is 3. The highest BCUT2D eigenvalue weighted by Crippen LogP contribution is 2.46. The molecule has 0 fully saturated rings. The van der Waals surface area contributed by atoms with Crippen molar-refractivity contribution in [3.05, 3.63) is 45.8 Å². The van der Waals surface area contributed by atoms with Gasteiger partial charge in [-0.2, -0.15) is 5.26 Å². The van der Waals surface area contributed by atoms with E-state index in [1.807, 2.05) is 6.07 Å². The topological polar surface area (TPSA) is 142 Å². The van der Waals surface area contributed by atoms with E-state index in [0.717, 1.165) is 31.2 Å². The highest BCUT2D eigenvalue weighted by molar-refractivity contribution is 7.44. The Morgan fingerprint density at radius 3 is 2.38 bits per heavy atom. The highest BCUT2D eigenvalue weighted by atomic mass is 31.2. The molecule has 1 aromatic carbocycles. The van der Waals surface area contributed by atoms with Crippen molar-refractivity contribution in [3.63, 3.8) is 0 Å². The first kappa shape index (κ1) is 35.4. The second-order valence-electron chi connectivity index (χ2n) is 11.6. The summed E-state index contributed by atoms with van der Waals surface area (Å²) >= 11 is 0. The number of amides is 1. The number of aliphatic carboxylic acids is 1. The maximum Gasteiger partial charge on any atom is 0.336 e. The van der Waals surface area contributed by atoms with Gasteiger partial charge in [-0.3, -0.25) is 9.59 Å². The molecule has 10 nitrogen and oxygen atoms in total. The third-order valence-electron chi connectivity index (χ3n) is 6.73. The Balaban J connectivity index is 1.80. The number of carbonyl (C=O) groups excluding carboxylic acids is 1. The van der Waals surface area contributed by atoms with Crippen LogP contribution >= 0.6 is 8.53 Å². The van der Waals surface area contributed by atoms with Gasteiger partial charge in [0.15, 0.2) is 0 Å². The lowest BCUT2D eigenvalue weighted by atomic mass is 9.85. The summed E-state index contributed by atoms with van der Waals surface area (Å²) in [6.07, 6.45) is 4.24. The molecule has 42 heavy (non-hydrogen) atoms. The van der Waals surface area contributed by atoms with Gasteiger partial charge < -0.3 is 23.9 Å². The molecule has 232 valence electrons. The monoisotopic (exact) mass is 603 g/mol. The summed E-state index contributed by atoms with van der Waals surface area (Å²) < 4.78 is 19.6. The molecule has 2 rings (SSSR count). The Kier molecular flexibility index (Phi) is 14.6. The number of rotatable bonds is 19. The lowest BCUT2D eigenvalue weighted by Gasteiger charge is -2.35. The molecule has 0 aliphatic heterocycles. The van der Waals surface area contributed by atoms with Crippen molar-refractivity contribution < 1.29 is 28.2 Å². The standard InChI is InChI=1S/C31H46N3O7P/c1-22(2)34(23(3)4)42(40-17-11-14-32)39-16-10-8-7-9-15-33-28(35)19-25-20-29(36)41-27-18-24(12-13-26(25)27)21-31(5,6)30(37)38/h12-13,18,20,22-23H,7-11,15-17,19,21H2,1-6H3,(H,33,35)(H,37,38). The van der Waals surface area contributed by atoms with Gasteiger partial charge in [0.1, 0.15) is 5.58 Å². The smallest absolute Gasteiger partial charge is 0.336 e. The van der Waals surface area contributed by atoms with Crippen LogP contribution in [0, 0.1) is 16.7 Å². The van der Waals surface area contributed by atoms with Gasteiger partial charge in [-0.25, -0.2) is 9.46 Å². The Morgan fingerprint density at radius 1 is 1.07 bits per heavy atom. The van der Waals surface area contributed by atoms with Crippen LogP contribution in [-0.4, -0.2) is 53.5 Å². The van der Waals surface area contributed by atoms with E-state index in [1.165, 1.54) is 6.07 Å². The highest BCUT2D eigenvalue weighted by Gasteiger charge is 2.28. The third-order valence-corrected chi connectivity index (χ3v) is 8.84. The van der Waals surface area contributed by atoms with Crippen LogP contribution in [0.1, 0.15) is 84.8 Å². The zero-order valence-corrected chi connectivity index (χ0v) is 26.7. The van der Waals surface area contributed by atoms with Gasteiger partial charge in [-0.15, -0.1) is 0 Å². The van der Waals surface area contributed by atoms with Gasteiger partial charge in [0, 0.05) is 30.1 Å². The van der Waals surface area contributed by atoms with E-state index < -0.39 is 25.5 Å². The second kappa shape index (κ2) is 17.3. The van der Waals surface area contributed by atoms with Gasteiger partial charge in [0.05, 0.1) is 37.5 Å². The fraction of sp³-hybridized carbons (Fsp3) is 0.613. The number of carboxylic acids is 1. The van der Waals surface area contributed by atoms with Crippen molar-refractivity contribution in [3.8, 4) is 6.07 Å². The van der Waals surface area contributed by atoms with Crippen molar-refractivity contribution in [2.75, 3.05) is 19.8 Å². The summed E-state index contributed by atoms with van der Waals surface area (Å²) in [5.74, 6) is -1.08. The number of hydrogen-bond donors (Lipinski definition) is 2. The van der Waals surface area contributed by atoms with Crippen molar-refractivity contribution >= 4 is 31.4 Å². The minimum Gasteiger partial charge on any atom is -0.481 e. The lowest BCUT2D eigenvalue weighted by Crippen LogP contribution is -2.33. The predicted octanol–water partition coefficient (Wildman–Crippen LogP) is 5.96. The molecule has 1 amide bonds. The minimum absolute atomic E-state index is 0.0491. The number of benzene rings is 1. The third kappa shape index (κ3) is 11.4. The van der Waals surface area contributed by atoms with Crippen molar-refractivity contribution in [1.29, 1.82) is 5.26 Å². The van der Waals surface area contributed by atoms with Crippen LogP contribution in [0.15, 0.2) is 33.5 Å². The van der Waals surface area contributed by atoms with Gasteiger partial charge in [-0.05, 0) is 78.0 Å². The summed E-state index contributed by atoms with van der Waals surface area (Å²) in [6.45, 7) is 13.2. The molecule has 1 atom stereocenters. The molecule has 2 aromatic rings. The van der Waals surface area contributed by atoms with Crippen LogP contribution in [0.5, 0.6) is 0 Å². The molecule has 0 aliphatic rings. The number of nitrogens with zero attached hydrogens (tertiary/aromatic N) is 2. The molecule has 0 bridgehead atoms. The first-order valence-electron chi connectivity index (χ1n) is 14.6. The number of carbonyl (C=O) groups is 2. The summed E-state index contributed by atoms with van der Waals surface area (Å²) in [7, 11) is -1.23. The lowest BCUT2D eigenvalue weighted by molar-refractivity contribution is -0.146. The van der Waals surface area contributed by atoms with Gasteiger partial charge in [0.2, 0.25) is 5.91 Å². The molecule has 1 heterocycles. The van der Waals surface area contributed by atoms with Crippen molar-refractivity contribution in [2.24, 2.45) is 5.41 Å². The maximum absolute atomic E-state index is 12.6. The Bertz CT molecular complexity index is 1260. The summed E-state index contributed by atoms with van der Waals surface area (Å²) in [6, 6.07) is 9.23. The van der Waals surface area contributed by atoms with Crippen LogP contribution in [-0.2, 0) is 31.5 Å². The molecule has 0 radical (unpaired) electrons. The van der Waals surface area contributed by atoms with Gasteiger partial charge in [0.25, 0.3) is 8.53 Å². The minimum atomic E-state index is -1.23. The van der Waals surface area contributed by atoms with E-state index in [1.54, 1.807) is 26.0 Å². The molecule has 1 unspecified atom stereocenters. The van der Waals surface area contributed by atoms with E-state index in [9.17, 15) is 19.5 Å². The number of hydrogen-bond acceptors (Lipinski definition) is 8. The molecule has 1 aromatic heterocycles. The molecule has 0 spiro atoms. The van der Waals surface area contributed by atoms with Crippen LogP contribution in [0.25, 0.3) is 11.0 Å². The normalized spacial score (nSPS) is 12.7. The molecule has 11 heteroatoms. The quantitative estimate of drug-likeness (QED) is 0.113. The van der Waals surface area contributed by atoms with E-state index in [4.69, 9.17) is 18.7 Å². The number of fused-ring (bicyclic) bond motifs is 1. The predicted molar refractivity (Wildman–Crippen MR) is 164 cm³/mol. The summed E-state index contributed by atoms with van der Waals surface area (Å²) in [5.41, 5.74) is 0.147. The maximum atomic E-state index is 12.6. The first-order chi connectivity index (χ1) is 19.9. The van der Waals surface area contributed by atoms with E-state index in [0.29, 0.717) is 42.7 Å². The average molecular weight is 604 g/mol. The van der Waals surface area contributed by atoms with Crippen LogP contribution in [0.3, 0.4) is 0 Å². The van der Waals surface area contributed by atoms with Crippen molar-refractivity contribution in [2.45, 2.75) is 98.6 Å². The van der Waals surface area contributed by atoms with Crippen LogP contribution < -0.4 is 10.9 Å². The largest absolute Gasteiger partial charge is 0.481 e. The first-order valence-corrected chi connectivity index (χ1v) is 15.8. The molecular weight excluding hydrogens is 557 g/mol. The van der Waals surface area contributed by atoms with Crippen LogP contribution in [0.4, 0.5) is 0 Å². The van der Waals surface area contributed by atoms with E-state index in [-0.39, 0.29) is 30.8 Å². The van der Waals surface area contributed by atoms with Crippen LogP contribution in [0.2, 0.25) is 0 Å². The summed E-state index contributed by atoms with van der Waals surface area (Å²) in [4.78, 5) is 36.3. The van der Waals surface area contributed by atoms with E-state index >= 15 is 0 Å². The summed E-state index contributed by atoms with van der Waals surface area (Å²) in [5, 5.41) is 21.8. The average Bonchev–Trinajstić information content (AvgIpc) is 2.89. The van der Waals surface area contributed by atoms with Gasteiger partial charge in [-0.1, -0.05) is 25.0 Å². The Morgan fingerprint density at radius 2 is 1.74 bits per heavy atom. The number of nitriles is 1. The SMILES string of the molecule is CC(C)N(C(C)C)P(OCCC#N)OCCCCCCNC(=O)Cc1cc(=O)oc2cc(CC(C)(C)C(=O)O)ccc12. The van der Waals surface area contributed by atoms with E-state index in [2.05, 4.69) is 43.8 Å².